The second-order valence-corrected chi connectivity index (χ2v) is 4.04. The number of pyridine rings is 1. The highest BCUT2D eigenvalue weighted by molar-refractivity contribution is 5.57. The first-order valence-electron chi connectivity index (χ1n) is 4.96. The Morgan fingerprint density at radius 3 is 2.80 bits per heavy atom. The first-order valence-corrected chi connectivity index (χ1v) is 4.96. The molecule has 1 aromatic rings. The molecule has 0 aromatic carbocycles. The summed E-state index contributed by atoms with van der Waals surface area (Å²) in [5, 5.41) is 13.8. The molecule has 1 heterocycles. The Balaban J connectivity index is 2.26. The number of nitro groups is 1. The van der Waals surface area contributed by atoms with E-state index in [0.717, 1.165) is 12.1 Å². The fourth-order valence-corrected chi connectivity index (χ4v) is 1.50. The van der Waals surface area contributed by atoms with Gasteiger partial charge in [0.15, 0.2) is 0 Å². The van der Waals surface area contributed by atoms with Crippen LogP contribution in [0.25, 0.3) is 0 Å². The lowest BCUT2D eigenvalue weighted by Gasteiger charge is -2.05. The molecule has 1 saturated carbocycles. The molecular formula is C10H13N3O2. The van der Waals surface area contributed by atoms with Crippen molar-refractivity contribution in [2.75, 3.05) is 5.32 Å². The van der Waals surface area contributed by atoms with Crippen molar-refractivity contribution in [3.05, 3.63) is 27.9 Å². The Morgan fingerprint density at radius 2 is 2.27 bits per heavy atom. The molecule has 1 N–H and O–H groups in total. The maximum atomic E-state index is 10.7. The summed E-state index contributed by atoms with van der Waals surface area (Å²) in [7, 11) is 0. The van der Waals surface area contributed by atoms with Crippen LogP contribution in [0, 0.1) is 23.0 Å². The highest BCUT2D eigenvalue weighted by Gasteiger charge is 2.34. The van der Waals surface area contributed by atoms with Crippen LogP contribution in [0.1, 0.15) is 19.0 Å². The highest BCUT2D eigenvalue weighted by Crippen LogP contribution is 2.34. The van der Waals surface area contributed by atoms with Gasteiger partial charge in [-0.25, -0.2) is 4.98 Å². The minimum absolute atomic E-state index is 0.0553. The Labute approximate surface area is 87.7 Å². The molecular weight excluding hydrogens is 194 g/mol. The third-order valence-electron chi connectivity index (χ3n) is 2.64. The minimum Gasteiger partial charge on any atom is -0.361 e. The standard InChI is InChI=1S/C10H13N3O2/c1-6-5-8(6)12-10-9(13(14)15)4-3-7(2)11-10/h3-4,6,8H,5H2,1-2H3,(H,11,12). The van der Waals surface area contributed by atoms with Gasteiger partial charge in [-0.15, -0.1) is 0 Å². The zero-order chi connectivity index (χ0) is 11.0. The normalized spacial score (nSPS) is 23.6. The van der Waals surface area contributed by atoms with Crippen molar-refractivity contribution >= 4 is 11.5 Å². The molecule has 0 spiro atoms. The van der Waals surface area contributed by atoms with Gasteiger partial charge in [0.25, 0.3) is 0 Å². The van der Waals surface area contributed by atoms with Gasteiger partial charge in [0.1, 0.15) is 0 Å². The molecule has 1 aromatic heterocycles. The second kappa shape index (κ2) is 3.49. The fourth-order valence-electron chi connectivity index (χ4n) is 1.50. The topological polar surface area (TPSA) is 68.1 Å². The Kier molecular flexibility index (Phi) is 2.30. The van der Waals surface area contributed by atoms with E-state index in [1.54, 1.807) is 6.07 Å². The zero-order valence-corrected chi connectivity index (χ0v) is 8.73. The van der Waals surface area contributed by atoms with Gasteiger partial charge in [-0.2, -0.15) is 0 Å². The van der Waals surface area contributed by atoms with E-state index in [0.29, 0.717) is 17.8 Å². The van der Waals surface area contributed by atoms with Crippen LogP contribution in [0.4, 0.5) is 11.5 Å². The third-order valence-corrected chi connectivity index (χ3v) is 2.64. The summed E-state index contributed by atoms with van der Waals surface area (Å²) in [4.78, 5) is 14.5. The van der Waals surface area contributed by atoms with Gasteiger partial charge in [-0.05, 0) is 25.3 Å². The van der Waals surface area contributed by atoms with Crippen molar-refractivity contribution in [3.63, 3.8) is 0 Å². The maximum Gasteiger partial charge on any atom is 0.311 e. The maximum absolute atomic E-state index is 10.7. The van der Waals surface area contributed by atoms with Gasteiger partial charge in [0, 0.05) is 17.8 Å². The molecule has 0 radical (unpaired) electrons. The van der Waals surface area contributed by atoms with Gasteiger partial charge >= 0.3 is 5.69 Å². The van der Waals surface area contributed by atoms with Crippen molar-refractivity contribution in [2.24, 2.45) is 5.92 Å². The van der Waals surface area contributed by atoms with Gasteiger partial charge in [0.05, 0.1) is 4.92 Å². The molecule has 1 aliphatic rings. The van der Waals surface area contributed by atoms with Crippen LogP contribution in [0.3, 0.4) is 0 Å². The molecule has 0 amide bonds. The van der Waals surface area contributed by atoms with E-state index < -0.39 is 4.92 Å². The lowest BCUT2D eigenvalue weighted by atomic mass is 10.3. The molecule has 0 saturated heterocycles. The molecule has 2 unspecified atom stereocenters. The van der Waals surface area contributed by atoms with E-state index in [1.807, 2.05) is 6.92 Å². The van der Waals surface area contributed by atoms with Crippen molar-refractivity contribution in [1.82, 2.24) is 4.98 Å². The van der Waals surface area contributed by atoms with E-state index >= 15 is 0 Å². The van der Waals surface area contributed by atoms with Gasteiger partial charge in [0.2, 0.25) is 5.82 Å². The second-order valence-electron chi connectivity index (χ2n) is 4.04. The van der Waals surface area contributed by atoms with Gasteiger partial charge in [-0.3, -0.25) is 10.1 Å². The molecule has 5 nitrogen and oxygen atoms in total. The van der Waals surface area contributed by atoms with E-state index in [9.17, 15) is 10.1 Å². The first kappa shape index (κ1) is 9.89. The summed E-state index contributed by atoms with van der Waals surface area (Å²) in [6.07, 6.45) is 1.06. The summed E-state index contributed by atoms with van der Waals surface area (Å²) in [6.45, 7) is 3.94. The Morgan fingerprint density at radius 1 is 1.60 bits per heavy atom. The van der Waals surface area contributed by atoms with Crippen molar-refractivity contribution in [1.29, 1.82) is 0 Å². The molecule has 2 rings (SSSR count). The summed E-state index contributed by atoms with van der Waals surface area (Å²) in [5.41, 5.74) is 0.844. The number of rotatable bonds is 3. The van der Waals surface area contributed by atoms with E-state index in [4.69, 9.17) is 0 Å². The molecule has 1 aliphatic carbocycles. The van der Waals surface area contributed by atoms with Crippen LogP contribution in [-0.2, 0) is 0 Å². The minimum atomic E-state index is -0.401. The van der Waals surface area contributed by atoms with Crippen LogP contribution < -0.4 is 5.32 Å². The van der Waals surface area contributed by atoms with Crippen molar-refractivity contribution in [3.8, 4) is 0 Å². The number of nitrogens with zero attached hydrogens (tertiary/aromatic N) is 2. The Hall–Kier alpha value is -1.65. The molecule has 80 valence electrons. The van der Waals surface area contributed by atoms with Crippen molar-refractivity contribution < 1.29 is 4.92 Å². The molecule has 15 heavy (non-hydrogen) atoms. The molecule has 2 atom stereocenters. The summed E-state index contributed by atoms with van der Waals surface area (Å²) < 4.78 is 0. The summed E-state index contributed by atoms with van der Waals surface area (Å²) >= 11 is 0. The lowest BCUT2D eigenvalue weighted by Crippen LogP contribution is -2.08. The van der Waals surface area contributed by atoms with Crippen LogP contribution in [0.5, 0.6) is 0 Å². The quantitative estimate of drug-likeness (QED) is 0.608. The van der Waals surface area contributed by atoms with Gasteiger partial charge < -0.3 is 5.32 Å². The molecule has 1 fully saturated rings. The van der Waals surface area contributed by atoms with E-state index in [2.05, 4.69) is 17.2 Å². The monoisotopic (exact) mass is 207 g/mol. The number of aryl methyl sites for hydroxylation is 1. The van der Waals surface area contributed by atoms with Crippen molar-refractivity contribution in [2.45, 2.75) is 26.3 Å². The fraction of sp³-hybridized carbons (Fsp3) is 0.500. The van der Waals surface area contributed by atoms with E-state index in [1.165, 1.54) is 6.07 Å². The van der Waals surface area contributed by atoms with Crippen LogP contribution in [0.2, 0.25) is 0 Å². The predicted molar refractivity (Wildman–Crippen MR) is 56.8 cm³/mol. The lowest BCUT2D eigenvalue weighted by molar-refractivity contribution is -0.384. The zero-order valence-electron chi connectivity index (χ0n) is 8.73. The molecule has 0 aliphatic heterocycles. The number of hydrogen-bond donors (Lipinski definition) is 1. The van der Waals surface area contributed by atoms with E-state index in [-0.39, 0.29) is 5.69 Å². The molecule has 0 bridgehead atoms. The van der Waals surface area contributed by atoms with Crippen LogP contribution in [0.15, 0.2) is 12.1 Å². The highest BCUT2D eigenvalue weighted by atomic mass is 16.6. The average Bonchev–Trinajstić information content (AvgIpc) is 2.81. The number of nitrogens with one attached hydrogen (secondary N) is 1. The Bertz CT molecular complexity index is 406. The number of anilines is 1. The summed E-state index contributed by atoms with van der Waals surface area (Å²) in [5.74, 6) is 0.987. The van der Waals surface area contributed by atoms with Crippen LogP contribution >= 0.6 is 0 Å². The van der Waals surface area contributed by atoms with Gasteiger partial charge in [-0.1, -0.05) is 6.92 Å². The predicted octanol–water partition coefficient (Wildman–Crippen LogP) is 2.12. The smallest absolute Gasteiger partial charge is 0.311 e. The largest absolute Gasteiger partial charge is 0.361 e. The van der Waals surface area contributed by atoms with Crippen LogP contribution in [-0.4, -0.2) is 15.9 Å². The summed E-state index contributed by atoms with van der Waals surface area (Å²) in [6, 6.07) is 3.50. The SMILES string of the molecule is Cc1ccc([N+](=O)[O-])c(NC2CC2C)n1. The average molecular weight is 207 g/mol. The number of hydrogen-bond acceptors (Lipinski definition) is 4. The first-order chi connectivity index (χ1) is 7.08. The number of aromatic nitrogens is 1. The third kappa shape index (κ3) is 2.06. The molecule has 5 heteroatoms.